The number of aliphatic imine (C=N–C) groups is 1. The van der Waals surface area contributed by atoms with E-state index in [0.29, 0.717) is 25.0 Å². The highest BCUT2D eigenvalue weighted by atomic mass is 16.5. The van der Waals surface area contributed by atoms with Gasteiger partial charge in [0.1, 0.15) is 11.9 Å². The number of hydrogen-bond donors (Lipinski definition) is 1. The summed E-state index contributed by atoms with van der Waals surface area (Å²) >= 11 is 0. The summed E-state index contributed by atoms with van der Waals surface area (Å²) in [5.74, 6) is 2.25. The lowest BCUT2D eigenvalue weighted by atomic mass is 10.0. The fraction of sp³-hybridized carbons (Fsp3) is 0.632. The van der Waals surface area contributed by atoms with Crippen molar-refractivity contribution in [3.05, 3.63) is 29.3 Å². The number of piperidine rings is 1. The summed E-state index contributed by atoms with van der Waals surface area (Å²) in [4.78, 5) is 6.83. The summed E-state index contributed by atoms with van der Waals surface area (Å²) in [5.41, 5.74) is 8.49. The van der Waals surface area contributed by atoms with Gasteiger partial charge in [0.05, 0.1) is 19.8 Å². The minimum absolute atomic E-state index is 0.148. The van der Waals surface area contributed by atoms with Crippen molar-refractivity contribution in [3.63, 3.8) is 0 Å². The van der Waals surface area contributed by atoms with E-state index in [0.717, 1.165) is 37.4 Å². The van der Waals surface area contributed by atoms with E-state index in [1.165, 1.54) is 18.4 Å². The Morgan fingerprint density at radius 3 is 3.04 bits per heavy atom. The van der Waals surface area contributed by atoms with Crippen LogP contribution in [0.15, 0.2) is 23.2 Å². The van der Waals surface area contributed by atoms with E-state index in [4.69, 9.17) is 15.2 Å². The van der Waals surface area contributed by atoms with Crippen LogP contribution in [0.2, 0.25) is 0 Å². The molecule has 0 amide bonds. The van der Waals surface area contributed by atoms with Crippen molar-refractivity contribution in [3.8, 4) is 5.75 Å². The van der Waals surface area contributed by atoms with Gasteiger partial charge in [-0.1, -0.05) is 19.1 Å². The van der Waals surface area contributed by atoms with Crippen molar-refractivity contribution >= 4 is 5.96 Å². The van der Waals surface area contributed by atoms with E-state index < -0.39 is 0 Å². The number of hydrogen-bond acceptors (Lipinski definition) is 3. The van der Waals surface area contributed by atoms with Crippen LogP contribution in [0.4, 0.5) is 0 Å². The first-order valence-corrected chi connectivity index (χ1v) is 9.00. The Bertz CT molecular complexity index is 582. The number of ether oxygens (including phenoxy) is 2. The number of likely N-dealkylation sites (tertiary alicyclic amines) is 1. The molecular weight excluding hydrogens is 302 g/mol. The van der Waals surface area contributed by atoms with Gasteiger partial charge < -0.3 is 20.1 Å². The minimum Gasteiger partial charge on any atom is -0.488 e. The molecule has 2 heterocycles. The molecule has 0 spiro atoms. The van der Waals surface area contributed by atoms with Crippen molar-refractivity contribution in [2.24, 2.45) is 16.6 Å². The fourth-order valence-electron chi connectivity index (χ4n) is 3.35. The Labute approximate surface area is 144 Å². The summed E-state index contributed by atoms with van der Waals surface area (Å²) in [5, 5.41) is 0. The van der Waals surface area contributed by atoms with Crippen LogP contribution in [0.25, 0.3) is 0 Å². The molecule has 2 saturated heterocycles. The van der Waals surface area contributed by atoms with Crippen molar-refractivity contribution in [1.29, 1.82) is 0 Å². The van der Waals surface area contributed by atoms with E-state index in [1.54, 1.807) is 0 Å². The van der Waals surface area contributed by atoms with Crippen molar-refractivity contribution < 1.29 is 9.47 Å². The summed E-state index contributed by atoms with van der Waals surface area (Å²) in [7, 11) is 0. The molecule has 2 fully saturated rings. The SMILES string of the molecule is Cc1ccc(CN=C(N)N2CCCC(C)C2)c(OC2CCOC2)c1. The number of aryl methyl sites for hydroxylation is 1. The van der Waals surface area contributed by atoms with Crippen molar-refractivity contribution in [2.45, 2.75) is 45.8 Å². The maximum atomic E-state index is 6.22. The maximum Gasteiger partial charge on any atom is 0.191 e. The lowest BCUT2D eigenvalue weighted by Gasteiger charge is -2.31. The summed E-state index contributed by atoms with van der Waals surface area (Å²) < 4.78 is 11.5. The van der Waals surface area contributed by atoms with Crippen molar-refractivity contribution in [1.82, 2.24) is 4.90 Å². The van der Waals surface area contributed by atoms with Gasteiger partial charge in [-0.2, -0.15) is 0 Å². The topological polar surface area (TPSA) is 60.1 Å². The molecule has 0 saturated carbocycles. The van der Waals surface area contributed by atoms with Crippen LogP contribution in [0.5, 0.6) is 5.75 Å². The molecule has 1 aromatic rings. The zero-order chi connectivity index (χ0) is 16.9. The highest BCUT2D eigenvalue weighted by Gasteiger charge is 2.20. The lowest BCUT2D eigenvalue weighted by molar-refractivity contribution is 0.140. The van der Waals surface area contributed by atoms with Gasteiger partial charge in [0.15, 0.2) is 5.96 Å². The highest BCUT2D eigenvalue weighted by molar-refractivity contribution is 5.78. The molecule has 2 atom stereocenters. The van der Waals surface area contributed by atoms with Crippen LogP contribution in [-0.4, -0.2) is 43.3 Å². The van der Waals surface area contributed by atoms with Crippen molar-refractivity contribution in [2.75, 3.05) is 26.3 Å². The molecule has 0 radical (unpaired) electrons. The van der Waals surface area contributed by atoms with Gasteiger partial charge in [-0.05, 0) is 37.3 Å². The Balaban J connectivity index is 1.68. The molecular formula is C19H29N3O2. The number of nitrogens with two attached hydrogens (primary N) is 1. The second kappa shape index (κ2) is 7.88. The largest absolute Gasteiger partial charge is 0.488 e. The molecule has 2 N–H and O–H groups in total. The molecule has 3 rings (SSSR count). The smallest absolute Gasteiger partial charge is 0.191 e. The standard InChI is InChI=1S/C19H29N3O2/c1-14-5-6-16(18(10-14)24-17-7-9-23-13-17)11-21-19(20)22-8-3-4-15(2)12-22/h5-6,10,15,17H,3-4,7-9,11-13H2,1-2H3,(H2,20,21). The molecule has 5 heteroatoms. The van der Waals surface area contributed by atoms with Gasteiger partial charge in [0.2, 0.25) is 0 Å². The predicted molar refractivity (Wildman–Crippen MR) is 96.3 cm³/mol. The highest BCUT2D eigenvalue weighted by Crippen LogP contribution is 2.25. The van der Waals surface area contributed by atoms with Gasteiger partial charge in [-0.3, -0.25) is 0 Å². The zero-order valence-electron chi connectivity index (χ0n) is 14.8. The predicted octanol–water partition coefficient (Wildman–Crippen LogP) is 2.71. The van der Waals surface area contributed by atoms with Gasteiger partial charge in [0, 0.05) is 25.1 Å². The third kappa shape index (κ3) is 4.41. The molecule has 2 aliphatic rings. The number of rotatable bonds is 4. The molecule has 0 aromatic heterocycles. The van der Waals surface area contributed by atoms with Crippen LogP contribution in [0, 0.1) is 12.8 Å². The zero-order valence-corrected chi connectivity index (χ0v) is 14.8. The third-order valence-electron chi connectivity index (χ3n) is 4.80. The van der Waals surface area contributed by atoms with E-state index in [2.05, 4.69) is 41.9 Å². The lowest BCUT2D eigenvalue weighted by Crippen LogP contribution is -2.43. The quantitative estimate of drug-likeness (QED) is 0.681. The van der Waals surface area contributed by atoms with E-state index in [-0.39, 0.29) is 6.10 Å². The molecule has 0 bridgehead atoms. The second-order valence-electron chi connectivity index (χ2n) is 7.08. The van der Waals surface area contributed by atoms with E-state index >= 15 is 0 Å². The Kier molecular flexibility index (Phi) is 5.61. The first kappa shape index (κ1) is 17.1. The summed E-state index contributed by atoms with van der Waals surface area (Å²) in [6, 6.07) is 6.28. The molecule has 2 unspecified atom stereocenters. The van der Waals surface area contributed by atoms with Gasteiger partial charge >= 0.3 is 0 Å². The Hall–Kier alpha value is -1.75. The fourth-order valence-corrected chi connectivity index (χ4v) is 3.35. The summed E-state index contributed by atoms with van der Waals surface area (Å²) in [6.07, 6.45) is 3.57. The number of benzene rings is 1. The van der Waals surface area contributed by atoms with Gasteiger partial charge in [-0.15, -0.1) is 0 Å². The molecule has 0 aliphatic carbocycles. The van der Waals surface area contributed by atoms with Gasteiger partial charge in [-0.25, -0.2) is 4.99 Å². The molecule has 24 heavy (non-hydrogen) atoms. The number of nitrogens with zero attached hydrogens (tertiary/aromatic N) is 2. The first-order valence-electron chi connectivity index (χ1n) is 9.00. The maximum absolute atomic E-state index is 6.22. The molecule has 5 nitrogen and oxygen atoms in total. The van der Waals surface area contributed by atoms with Crippen LogP contribution in [0.3, 0.4) is 0 Å². The summed E-state index contributed by atoms with van der Waals surface area (Å²) in [6.45, 7) is 8.38. The normalized spacial score (nSPS) is 25.1. The molecule has 1 aromatic carbocycles. The second-order valence-corrected chi connectivity index (χ2v) is 7.08. The Morgan fingerprint density at radius 2 is 2.29 bits per heavy atom. The average Bonchev–Trinajstić information content (AvgIpc) is 3.07. The van der Waals surface area contributed by atoms with Crippen LogP contribution in [0.1, 0.15) is 37.3 Å². The van der Waals surface area contributed by atoms with Crippen LogP contribution >= 0.6 is 0 Å². The Morgan fingerprint density at radius 1 is 1.42 bits per heavy atom. The van der Waals surface area contributed by atoms with E-state index in [1.807, 2.05) is 0 Å². The van der Waals surface area contributed by atoms with Crippen LogP contribution in [-0.2, 0) is 11.3 Å². The van der Waals surface area contributed by atoms with Gasteiger partial charge in [0.25, 0.3) is 0 Å². The monoisotopic (exact) mass is 331 g/mol. The van der Waals surface area contributed by atoms with Crippen LogP contribution < -0.4 is 10.5 Å². The first-order chi connectivity index (χ1) is 11.6. The van der Waals surface area contributed by atoms with E-state index in [9.17, 15) is 0 Å². The third-order valence-corrected chi connectivity index (χ3v) is 4.80. The number of guanidine groups is 1. The molecule has 2 aliphatic heterocycles. The average molecular weight is 331 g/mol. The minimum atomic E-state index is 0.148. The molecule has 132 valence electrons.